The summed E-state index contributed by atoms with van der Waals surface area (Å²) in [5.74, 6) is 0.790. The fourth-order valence-corrected chi connectivity index (χ4v) is 2.63. The van der Waals surface area contributed by atoms with Crippen LogP contribution in [0.2, 0.25) is 0 Å². The molecule has 1 heterocycles. The third kappa shape index (κ3) is 3.54. The Morgan fingerprint density at radius 1 is 1.11 bits per heavy atom. The predicted octanol–water partition coefficient (Wildman–Crippen LogP) is 3.64. The van der Waals surface area contributed by atoms with Gasteiger partial charge in [-0.25, -0.2) is 0 Å². The van der Waals surface area contributed by atoms with Crippen LogP contribution in [0.5, 0.6) is 5.75 Å². The SMILES string of the molecule is NCc1cccc(COc2ccc(Br)cc2Br)n1. The Balaban J connectivity index is 2.06. The maximum absolute atomic E-state index is 5.71. The van der Waals surface area contributed by atoms with E-state index in [1.165, 1.54) is 0 Å². The average Bonchev–Trinajstić information content (AvgIpc) is 2.38. The lowest BCUT2D eigenvalue weighted by Crippen LogP contribution is -2.04. The summed E-state index contributed by atoms with van der Waals surface area (Å²) in [4.78, 5) is 4.38. The van der Waals surface area contributed by atoms with E-state index in [2.05, 4.69) is 36.8 Å². The van der Waals surface area contributed by atoms with Gasteiger partial charge in [0.1, 0.15) is 12.4 Å². The highest BCUT2D eigenvalue weighted by Crippen LogP contribution is 2.28. The zero-order chi connectivity index (χ0) is 13.0. The number of aromatic nitrogens is 1. The number of rotatable bonds is 4. The van der Waals surface area contributed by atoms with E-state index in [1.54, 1.807) is 0 Å². The average molecular weight is 372 g/mol. The highest BCUT2D eigenvalue weighted by Gasteiger charge is 2.03. The Kier molecular flexibility index (Phi) is 4.74. The Labute approximate surface area is 123 Å². The summed E-state index contributed by atoms with van der Waals surface area (Å²) in [6.07, 6.45) is 0. The van der Waals surface area contributed by atoms with Crippen molar-refractivity contribution in [1.29, 1.82) is 0 Å². The molecule has 0 fully saturated rings. The second-order valence-electron chi connectivity index (χ2n) is 3.69. The smallest absolute Gasteiger partial charge is 0.134 e. The van der Waals surface area contributed by atoms with E-state index >= 15 is 0 Å². The fraction of sp³-hybridized carbons (Fsp3) is 0.154. The zero-order valence-electron chi connectivity index (χ0n) is 9.57. The van der Waals surface area contributed by atoms with Crippen LogP contribution in [0.25, 0.3) is 0 Å². The molecule has 0 spiro atoms. The Morgan fingerprint density at radius 2 is 1.89 bits per heavy atom. The van der Waals surface area contributed by atoms with Crippen molar-refractivity contribution < 1.29 is 4.74 Å². The predicted molar refractivity (Wildman–Crippen MR) is 78.3 cm³/mol. The van der Waals surface area contributed by atoms with E-state index in [9.17, 15) is 0 Å². The largest absolute Gasteiger partial charge is 0.486 e. The van der Waals surface area contributed by atoms with Crippen molar-refractivity contribution in [2.75, 3.05) is 0 Å². The first-order valence-electron chi connectivity index (χ1n) is 5.42. The van der Waals surface area contributed by atoms with Crippen molar-refractivity contribution in [3.63, 3.8) is 0 Å². The van der Waals surface area contributed by atoms with Crippen molar-refractivity contribution in [2.45, 2.75) is 13.2 Å². The van der Waals surface area contributed by atoms with Crippen molar-refractivity contribution in [3.8, 4) is 5.75 Å². The normalized spacial score (nSPS) is 10.4. The molecule has 1 aromatic carbocycles. The number of halogens is 2. The van der Waals surface area contributed by atoms with Gasteiger partial charge in [-0.15, -0.1) is 0 Å². The van der Waals surface area contributed by atoms with E-state index in [0.29, 0.717) is 13.2 Å². The molecule has 3 nitrogen and oxygen atoms in total. The Hall–Kier alpha value is -0.910. The number of benzene rings is 1. The lowest BCUT2D eigenvalue weighted by molar-refractivity contribution is 0.299. The number of hydrogen-bond acceptors (Lipinski definition) is 3. The lowest BCUT2D eigenvalue weighted by atomic mass is 10.3. The minimum Gasteiger partial charge on any atom is -0.486 e. The molecule has 0 radical (unpaired) electrons. The summed E-state index contributed by atoms with van der Waals surface area (Å²) < 4.78 is 7.62. The quantitative estimate of drug-likeness (QED) is 0.892. The van der Waals surface area contributed by atoms with Gasteiger partial charge in [0.05, 0.1) is 15.9 Å². The molecule has 0 atom stereocenters. The number of nitrogens with zero attached hydrogens (tertiary/aromatic N) is 1. The topological polar surface area (TPSA) is 48.1 Å². The van der Waals surface area contributed by atoms with Crippen LogP contribution >= 0.6 is 31.9 Å². The molecule has 18 heavy (non-hydrogen) atoms. The molecule has 0 saturated carbocycles. The van der Waals surface area contributed by atoms with Crippen LogP contribution < -0.4 is 10.5 Å². The number of pyridine rings is 1. The van der Waals surface area contributed by atoms with E-state index in [0.717, 1.165) is 26.1 Å². The second-order valence-corrected chi connectivity index (χ2v) is 5.46. The molecule has 2 rings (SSSR count). The summed E-state index contributed by atoms with van der Waals surface area (Å²) in [6, 6.07) is 11.5. The minimum absolute atomic E-state index is 0.425. The van der Waals surface area contributed by atoms with Crippen LogP contribution in [-0.2, 0) is 13.2 Å². The molecule has 5 heteroatoms. The highest BCUT2D eigenvalue weighted by atomic mass is 79.9. The summed E-state index contributed by atoms with van der Waals surface area (Å²) >= 11 is 6.85. The summed E-state index contributed by atoms with van der Waals surface area (Å²) in [5, 5.41) is 0. The maximum Gasteiger partial charge on any atom is 0.134 e. The third-order valence-corrected chi connectivity index (χ3v) is 3.46. The number of ether oxygens (including phenoxy) is 1. The number of nitrogens with two attached hydrogens (primary N) is 1. The molecule has 0 aliphatic carbocycles. The molecule has 2 N–H and O–H groups in total. The lowest BCUT2D eigenvalue weighted by Gasteiger charge is -2.08. The number of hydrogen-bond donors (Lipinski definition) is 1. The van der Waals surface area contributed by atoms with Crippen LogP contribution in [0, 0.1) is 0 Å². The van der Waals surface area contributed by atoms with E-state index < -0.39 is 0 Å². The Morgan fingerprint density at radius 3 is 2.61 bits per heavy atom. The molecule has 1 aromatic heterocycles. The molecule has 0 unspecified atom stereocenters. The van der Waals surface area contributed by atoms with Crippen molar-refractivity contribution in [3.05, 3.63) is 56.7 Å². The van der Waals surface area contributed by atoms with Gasteiger partial charge in [0.2, 0.25) is 0 Å². The van der Waals surface area contributed by atoms with Gasteiger partial charge in [0.25, 0.3) is 0 Å². The van der Waals surface area contributed by atoms with E-state index in [1.807, 2.05) is 36.4 Å². The maximum atomic E-state index is 5.71. The second kappa shape index (κ2) is 6.31. The van der Waals surface area contributed by atoms with Crippen molar-refractivity contribution >= 4 is 31.9 Å². The molecular formula is C13H12Br2N2O. The molecule has 0 saturated heterocycles. The highest BCUT2D eigenvalue weighted by molar-refractivity contribution is 9.11. The van der Waals surface area contributed by atoms with E-state index in [4.69, 9.17) is 10.5 Å². The van der Waals surface area contributed by atoms with Gasteiger partial charge < -0.3 is 10.5 Å². The molecule has 0 amide bonds. The molecular weight excluding hydrogens is 360 g/mol. The van der Waals surface area contributed by atoms with Crippen LogP contribution in [-0.4, -0.2) is 4.98 Å². The third-order valence-electron chi connectivity index (χ3n) is 2.34. The van der Waals surface area contributed by atoms with Gasteiger partial charge >= 0.3 is 0 Å². The molecule has 2 aromatic rings. The molecule has 0 aliphatic heterocycles. The summed E-state index contributed by atoms with van der Waals surface area (Å²) in [6.45, 7) is 0.865. The fourth-order valence-electron chi connectivity index (χ4n) is 1.47. The van der Waals surface area contributed by atoms with Crippen LogP contribution in [0.3, 0.4) is 0 Å². The van der Waals surface area contributed by atoms with Gasteiger partial charge in [0.15, 0.2) is 0 Å². The molecule has 0 bridgehead atoms. The molecule has 0 aliphatic rings. The summed E-state index contributed by atoms with van der Waals surface area (Å²) in [5.41, 5.74) is 7.29. The van der Waals surface area contributed by atoms with Gasteiger partial charge in [-0.3, -0.25) is 4.98 Å². The van der Waals surface area contributed by atoms with Crippen molar-refractivity contribution in [1.82, 2.24) is 4.98 Å². The van der Waals surface area contributed by atoms with Crippen molar-refractivity contribution in [2.24, 2.45) is 5.73 Å². The van der Waals surface area contributed by atoms with Crippen LogP contribution in [0.15, 0.2) is 45.3 Å². The molecule has 94 valence electrons. The minimum atomic E-state index is 0.425. The van der Waals surface area contributed by atoms with E-state index in [-0.39, 0.29) is 0 Å². The first-order chi connectivity index (χ1) is 8.69. The van der Waals surface area contributed by atoms with Gasteiger partial charge in [-0.1, -0.05) is 22.0 Å². The van der Waals surface area contributed by atoms with Gasteiger partial charge in [-0.05, 0) is 46.3 Å². The van der Waals surface area contributed by atoms with Gasteiger partial charge in [-0.2, -0.15) is 0 Å². The monoisotopic (exact) mass is 370 g/mol. The van der Waals surface area contributed by atoms with Crippen LogP contribution in [0.1, 0.15) is 11.4 Å². The van der Waals surface area contributed by atoms with Gasteiger partial charge in [0, 0.05) is 11.0 Å². The standard InChI is InChI=1S/C13H12Br2N2O/c14-9-4-5-13(12(15)6-9)18-8-11-3-1-2-10(7-16)17-11/h1-6H,7-8,16H2. The first kappa shape index (κ1) is 13.5. The Bertz CT molecular complexity index is 546. The van der Waals surface area contributed by atoms with Crippen LogP contribution in [0.4, 0.5) is 0 Å². The zero-order valence-corrected chi connectivity index (χ0v) is 12.7. The summed E-state index contributed by atoms with van der Waals surface area (Å²) in [7, 11) is 0. The first-order valence-corrected chi connectivity index (χ1v) is 7.00.